The van der Waals surface area contributed by atoms with Crippen LogP contribution in [0.15, 0.2) is 22.7 Å². The average molecular weight is 298 g/mol. The van der Waals surface area contributed by atoms with Crippen molar-refractivity contribution in [2.75, 3.05) is 20.3 Å². The second-order valence-corrected chi connectivity index (χ2v) is 5.63. The summed E-state index contributed by atoms with van der Waals surface area (Å²) in [6.45, 7) is 3.99. The molecule has 1 N–H and O–H groups in total. The maximum absolute atomic E-state index is 5.44. The quantitative estimate of drug-likeness (QED) is 0.923. The fourth-order valence-corrected chi connectivity index (χ4v) is 3.16. The Labute approximate surface area is 112 Å². The van der Waals surface area contributed by atoms with Crippen molar-refractivity contribution < 1.29 is 4.74 Å². The molecule has 1 aliphatic rings. The zero-order valence-corrected chi connectivity index (χ0v) is 12.1. The van der Waals surface area contributed by atoms with Crippen molar-refractivity contribution in [3.05, 3.63) is 33.8 Å². The molecule has 1 fully saturated rings. The van der Waals surface area contributed by atoms with Crippen LogP contribution in [-0.2, 0) is 4.74 Å². The zero-order valence-electron chi connectivity index (χ0n) is 10.5. The van der Waals surface area contributed by atoms with Gasteiger partial charge in [0.2, 0.25) is 0 Å². The van der Waals surface area contributed by atoms with E-state index in [-0.39, 0.29) is 0 Å². The van der Waals surface area contributed by atoms with Crippen LogP contribution in [0.3, 0.4) is 0 Å². The summed E-state index contributed by atoms with van der Waals surface area (Å²) >= 11 is 3.52. The molecule has 0 radical (unpaired) electrons. The zero-order chi connectivity index (χ0) is 12.3. The Balaban J connectivity index is 2.21. The smallest absolute Gasteiger partial charge is 0.0469 e. The van der Waals surface area contributed by atoms with Crippen molar-refractivity contribution in [2.45, 2.75) is 25.8 Å². The van der Waals surface area contributed by atoms with E-state index in [2.05, 4.69) is 53.4 Å². The number of nitrogens with one attached hydrogen (secondary N) is 1. The molecule has 1 aromatic carbocycles. The minimum Gasteiger partial charge on any atom is -0.381 e. The highest BCUT2D eigenvalue weighted by atomic mass is 79.9. The van der Waals surface area contributed by atoms with E-state index in [1.165, 1.54) is 11.1 Å². The van der Waals surface area contributed by atoms with Crippen LogP contribution in [0, 0.1) is 12.8 Å². The lowest BCUT2D eigenvalue weighted by molar-refractivity contribution is 0.0545. The molecule has 0 bridgehead atoms. The van der Waals surface area contributed by atoms with Crippen molar-refractivity contribution in [2.24, 2.45) is 5.92 Å². The van der Waals surface area contributed by atoms with Crippen LogP contribution in [0.1, 0.15) is 30.0 Å². The number of hydrogen-bond donors (Lipinski definition) is 1. The van der Waals surface area contributed by atoms with Gasteiger partial charge < -0.3 is 10.1 Å². The van der Waals surface area contributed by atoms with E-state index in [1.807, 2.05) is 0 Å². The van der Waals surface area contributed by atoms with Crippen molar-refractivity contribution in [3.63, 3.8) is 0 Å². The van der Waals surface area contributed by atoms with Gasteiger partial charge in [-0.2, -0.15) is 0 Å². The Morgan fingerprint density at radius 2 is 2.06 bits per heavy atom. The normalized spacial score (nSPS) is 19.2. The summed E-state index contributed by atoms with van der Waals surface area (Å²) in [4.78, 5) is 0. The molecule has 1 saturated heterocycles. The lowest BCUT2D eigenvalue weighted by atomic mass is 9.85. The number of hydrogen-bond acceptors (Lipinski definition) is 2. The fourth-order valence-electron chi connectivity index (χ4n) is 2.68. The van der Waals surface area contributed by atoms with Gasteiger partial charge in [-0.3, -0.25) is 0 Å². The first-order chi connectivity index (χ1) is 8.22. The van der Waals surface area contributed by atoms with Gasteiger partial charge in [-0.25, -0.2) is 0 Å². The van der Waals surface area contributed by atoms with E-state index < -0.39 is 0 Å². The highest BCUT2D eigenvalue weighted by molar-refractivity contribution is 9.10. The maximum atomic E-state index is 5.44. The van der Waals surface area contributed by atoms with Crippen LogP contribution in [0.2, 0.25) is 0 Å². The Hall–Kier alpha value is -0.380. The minimum atomic E-state index is 0.451. The molecule has 2 nitrogen and oxygen atoms in total. The summed E-state index contributed by atoms with van der Waals surface area (Å²) in [5.41, 5.74) is 2.77. The van der Waals surface area contributed by atoms with Crippen LogP contribution in [0.25, 0.3) is 0 Å². The van der Waals surface area contributed by atoms with Gasteiger partial charge in [-0.15, -0.1) is 0 Å². The maximum Gasteiger partial charge on any atom is 0.0469 e. The number of rotatable bonds is 3. The Morgan fingerprint density at radius 3 is 2.65 bits per heavy atom. The molecule has 0 spiro atoms. The molecular weight excluding hydrogens is 278 g/mol. The van der Waals surface area contributed by atoms with E-state index >= 15 is 0 Å². The summed E-state index contributed by atoms with van der Waals surface area (Å²) in [6.07, 6.45) is 2.31. The van der Waals surface area contributed by atoms with Gasteiger partial charge in [0, 0.05) is 23.7 Å². The third kappa shape index (κ3) is 3.09. The lowest BCUT2D eigenvalue weighted by Crippen LogP contribution is -2.30. The van der Waals surface area contributed by atoms with Gasteiger partial charge >= 0.3 is 0 Å². The average Bonchev–Trinajstić information content (AvgIpc) is 2.34. The summed E-state index contributed by atoms with van der Waals surface area (Å²) in [6, 6.07) is 7.01. The number of aryl methyl sites for hydroxylation is 1. The molecule has 1 atom stereocenters. The van der Waals surface area contributed by atoms with Gasteiger partial charge in [0.05, 0.1) is 0 Å². The third-order valence-corrected chi connectivity index (χ3v) is 4.11. The molecule has 0 aromatic heterocycles. The second-order valence-electron chi connectivity index (χ2n) is 4.72. The third-order valence-electron chi connectivity index (χ3n) is 3.62. The minimum absolute atomic E-state index is 0.451. The van der Waals surface area contributed by atoms with E-state index in [4.69, 9.17) is 4.74 Å². The molecule has 0 aliphatic carbocycles. The Bertz CT molecular complexity index is 374. The molecule has 94 valence electrons. The van der Waals surface area contributed by atoms with Gasteiger partial charge in [0.25, 0.3) is 0 Å². The van der Waals surface area contributed by atoms with E-state index in [0.717, 1.165) is 30.5 Å². The van der Waals surface area contributed by atoms with Crippen LogP contribution >= 0.6 is 15.9 Å². The van der Waals surface area contributed by atoms with Crippen LogP contribution in [0.4, 0.5) is 0 Å². The summed E-state index contributed by atoms with van der Waals surface area (Å²) in [7, 11) is 2.06. The first-order valence-electron chi connectivity index (χ1n) is 6.23. The summed E-state index contributed by atoms with van der Waals surface area (Å²) < 4.78 is 6.60. The molecule has 17 heavy (non-hydrogen) atoms. The predicted molar refractivity (Wildman–Crippen MR) is 74.2 cm³/mol. The summed E-state index contributed by atoms with van der Waals surface area (Å²) in [5, 5.41) is 3.48. The monoisotopic (exact) mass is 297 g/mol. The van der Waals surface area contributed by atoms with Gasteiger partial charge in [-0.1, -0.05) is 22.0 Å². The van der Waals surface area contributed by atoms with Gasteiger partial charge in [-0.05, 0) is 56.0 Å². The van der Waals surface area contributed by atoms with Gasteiger partial charge in [0.1, 0.15) is 0 Å². The van der Waals surface area contributed by atoms with Crippen LogP contribution in [-0.4, -0.2) is 20.3 Å². The molecule has 1 unspecified atom stereocenters. The number of halogens is 1. The second kappa shape index (κ2) is 5.98. The SMILES string of the molecule is CNC(c1ccc(Br)cc1C)C1CCOCC1. The predicted octanol–water partition coefficient (Wildman–Crippen LogP) is 3.44. The highest BCUT2D eigenvalue weighted by Gasteiger charge is 2.25. The topological polar surface area (TPSA) is 21.3 Å². The lowest BCUT2D eigenvalue weighted by Gasteiger charge is -2.31. The van der Waals surface area contributed by atoms with Crippen molar-refractivity contribution >= 4 is 15.9 Å². The molecule has 0 saturated carbocycles. The number of ether oxygens (including phenoxy) is 1. The van der Waals surface area contributed by atoms with Crippen LogP contribution < -0.4 is 5.32 Å². The van der Waals surface area contributed by atoms with Crippen molar-refractivity contribution in [1.82, 2.24) is 5.32 Å². The largest absolute Gasteiger partial charge is 0.381 e. The highest BCUT2D eigenvalue weighted by Crippen LogP contribution is 2.32. The van der Waals surface area contributed by atoms with E-state index in [9.17, 15) is 0 Å². The van der Waals surface area contributed by atoms with Gasteiger partial charge in [0.15, 0.2) is 0 Å². The molecule has 0 amide bonds. The number of benzene rings is 1. The molecule has 1 aliphatic heterocycles. The van der Waals surface area contributed by atoms with Crippen molar-refractivity contribution in [3.8, 4) is 0 Å². The molecule has 2 rings (SSSR count). The first kappa shape index (κ1) is 13.1. The fraction of sp³-hybridized carbons (Fsp3) is 0.571. The van der Waals surface area contributed by atoms with Crippen LogP contribution in [0.5, 0.6) is 0 Å². The van der Waals surface area contributed by atoms with E-state index in [1.54, 1.807) is 0 Å². The molecular formula is C14H20BrNO. The molecule has 1 aromatic rings. The Kier molecular flexibility index (Phi) is 4.60. The van der Waals surface area contributed by atoms with E-state index in [0.29, 0.717) is 12.0 Å². The summed E-state index contributed by atoms with van der Waals surface area (Å²) in [5.74, 6) is 0.689. The molecule has 1 heterocycles. The van der Waals surface area contributed by atoms with Crippen molar-refractivity contribution in [1.29, 1.82) is 0 Å². The Morgan fingerprint density at radius 1 is 1.35 bits per heavy atom. The first-order valence-corrected chi connectivity index (χ1v) is 7.02. The molecule has 3 heteroatoms. The standard InChI is InChI=1S/C14H20BrNO/c1-10-9-12(15)3-4-13(10)14(16-2)11-5-7-17-8-6-11/h3-4,9,11,14,16H,5-8H2,1-2H3.